The monoisotopic (exact) mass is 381 g/mol. The zero-order chi connectivity index (χ0) is 19.0. The molecule has 8 nitrogen and oxygen atoms in total. The minimum absolute atomic E-state index is 0.137. The van der Waals surface area contributed by atoms with Gasteiger partial charge in [-0.1, -0.05) is 18.2 Å². The molecule has 0 bridgehead atoms. The van der Waals surface area contributed by atoms with E-state index >= 15 is 0 Å². The maximum atomic E-state index is 12.4. The van der Waals surface area contributed by atoms with Crippen molar-refractivity contribution in [2.24, 2.45) is 0 Å². The van der Waals surface area contributed by atoms with E-state index in [1.54, 1.807) is 18.2 Å². The first-order valence-corrected chi connectivity index (χ1v) is 9.36. The van der Waals surface area contributed by atoms with Gasteiger partial charge < -0.3 is 19.2 Å². The van der Waals surface area contributed by atoms with Crippen LogP contribution in [0.5, 0.6) is 0 Å². The molecule has 0 aliphatic heterocycles. The number of methoxy groups -OCH3 is 1. The standard InChI is InChI=1S/C17H19NO7S/c1-23-10-8-18-15(19)11-25-17(20)16-13(7-9-24-16)12-26(21,22)14-5-3-2-4-6-14/h2-7,9H,8,10-12H2,1H3,(H,18,19). The van der Waals surface area contributed by atoms with E-state index in [1.807, 2.05) is 0 Å². The first-order chi connectivity index (χ1) is 12.4. The van der Waals surface area contributed by atoms with Crippen molar-refractivity contribution in [2.45, 2.75) is 10.6 Å². The third-order valence-corrected chi connectivity index (χ3v) is 5.02. The third kappa shape index (κ3) is 5.43. The number of carbonyl (C=O) groups excluding carboxylic acids is 2. The molecule has 0 spiro atoms. The Bertz CT molecular complexity index is 843. The largest absolute Gasteiger partial charge is 0.457 e. The fourth-order valence-corrected chi connectivity index (χ4v) is 3.46. The smallest absolute Gasteiger partial charge is 0.375 e. The van der Waals surface area contributed by atoms with Crippen LogP contribution < -0.4 is 5.32 Å². The molecule has 0 saturated carbocycles. The Morgan fingerprint density at radius 2 is 1.88 bits per heavy atom. The average molecular weight is 381 g/mol. The van der Waals surface area contributed by atoms with Gasteiger partial charge in [0.2, 0.25) is 5.76 Å². The van der Waals surface area contributed by atoms with Crippen LogP contribution in [-0.2, 0) is 29.9 Å². The van der Waals surface area contributed by atoms with Crippen molar-refractivity contribution in [2.75, 3.05) is 26.9 Å². The van der Waals surface area contributed by atoms with Crippen LogP contribution in [0.4, 0.5) is 0 Å². The number of nitrogens with one attached hydrogen (secondary N) is 1. The molecule has 1 aromatic heterocycles. The molecule has 9 heteroatoms. The van der Waals surface area contributed by atoms with E-state index in [0.717, 1.165) is 0 Å². The number of amides is 1. The van der Waals surface area contributed by atoms with Crippen molar-refractivity contribution in [3.63, 3.8) is 0 Å². The first-order valence-electron chi connectivity index (χ1n) is 7.71. The van der Waals surface area contributed by atoms with E-state index in [-0.39, 0.29) is 22.8 Å². The fraction of sp³-hybridized carbons (Fsp3) is 0.294. The van der Waals surface area contributed by atoms with Gasteiger partial charge in [-0.2, -0.15) is 0 Å². The Morgan fingerprint density at radius 3 is 2.58 bits per heavy atom. The van der Waals surface area contributed by atoms with E-state index < -0.39 is 34.1 Å². The summed E-state index contributed by atoms with van der Waals surface area (Å²) in [6, 6.07) is 9.25. The van der Waals surface area contributed by atoms with Crippen LogP contribution in [0.2, 0.25) is 0 Å². The van der Waals surface area contributed by atoms with Crippen LogP contribution in [0, 0.1) is 0 Å². The highest BCUT2D eigenvalue weighted by molar-refractivity contribution is 7.90. The molecule has 2 aromatic rings. The van der Waals surface area contributed by atoms with Crippen molar-refractivity contribution >= 4 is 21.7 Å². The Kier molecular flexibility index (Phi) is 6.93. The Hall–Kier alpha value is -2.65. The van der Waals surface area contributed by atoms with E-state index in [1.165, 1.54) is 31.6 Å². The third-order valence-electron chi connectivity index (χ3n) is 3.34. The van der Waals surface area contributed by atoms with Gasteiger partial charge in [-0.25, -0.2) is 13.2 Å². The summed E-state index contributed by atoms with van der Waals surface area (Å²) in [5.74, 6) is -2.07. The second kappa shape index (κ2) is 9.16. The minimum atomic E-state index is -3.65. The van der Waals surface area contributed by atoms with Gasteiger partial charge >= 0.3 is 5.97 Å². The van der Waals surface area contributed by atoms with Crippen LogP contribution in [0.3, 0.4) is 0 Å². The number of benzene rings is 1. The van der Waals surface area contributed by atoms with E-state index in [9.17, 15) is 18.0 Å². The van der Waals surface area contributed by atoms with Crippen LogP contribution >= 0.6 is 0 Å². The number of rotatable bonds is 9. The highest BCUT2D eigenvalue weighted by atomic mass is 32.2. The molecule has 140 valence electrons. The molecule has 1 N–H and O–H groups in total. The summed E-state index contributed by atoms with van der Waals surface area (Å²) in [7, 11) is -2.15. The number of furan rings is 1. The average Bonchev–Trinajstić information content (AvgIpc) is 3.08. The lowest BCUT2D eigenvalue weighted by molar-refractivity contribution is -0.124. The SMILES string of the molecule is COCCNC(=O)COC(=O)c1occc1CS(=O)(=O)c1ccccc1. The quantitative estimate of drug-likeness (QED) is 0.512. The van der Waals surface area contributed by atoms with Crippen LogP contribution in [-0.4, -0.2) is 47.2 Å². The lowest BCUT2D eigenvalue weighted by atomic mass is 10.3. The van der Waals surface area contributed by atoms with Crippen molar-refractivity contribution < 1.29 is 31.9 Å². The number of sulfone groups is 1. The number of carbonyl (C=O) groups is 2. The second-order valence-corrected chi connectivity index (χ2v) is 7.26. The molecule has 2 rings (SSSR count). The van der Waals surface area contributed by atoms with Gasteiger partial charge in [0.1, 0.15) is 0 Å². The number of ether oxygens (including phenoxy) is 2. The zero-order valence-electron chi connectivity index (χ0n) is 14.1. The summed E-state index contributed by atoms with van der Waals surface area (Å²) in [6.45, 7) is 0.113. The van der Waals surface area contributed by atoms with Crippen LogP contribution in [0.15, 0.2) is 52.0 Å². The predicted molar refractivity (Wildman–Crippen MR) is 91.2 cm³/mol. The van der Waals surface area contributed by atoms with Crippen molar-refractivity contribution in [3.8, 4) is 0 Å². The van der Waals surface area contributed by atoms with Crippen molar-refractivity contribution in [3.05, 3.63) is 54.0 Å². The van der Waals surface area contributed by atoms with Gasteiger partial charge in [-0.3, -0.25) is 4.79 Å². The summed E-state index contributed by atoms with van der Waals surface area (Å²) in [5.41, 5.74) is 0.165. The fourth-order valence-electron chi connectivity index (χ4n) is 2.08. The molecule has 1 aromatic carbocycles. The molecule has 0 fully saturated rings. The summed E-state index contributed by atoms with van der Waals surface area (Å²) >= 11 is 0. The normalized spacial score (nSPS) is 11.1. The summed E-state index contributed by atoms with van der Waals surface area (Å²) in [5, 5.41) is 2.49. The van der Waals surface area contributed by atoms with Gasteiger partial charge in [0.25, 0.3) is 5.91 Å². The number of hydrogen-bond acceptors (Lipinski definition) is 7. The topological polar surface area (TPSA) is 112 Å². The second-order valence-electron chi connectivity index (χ2n) is 5.27. The molecular formula is C17H19NO7S. The Morgan fingerprint density at radius 1 is 1.15 bits per heavy atom. The van der Waals surface area contributed by atoms with Gasteiger partial charge in [-0.05, 0) is 18.2 Å². The highest BCUT2D eigenvalue weighted by Crippen LogP contribution is 2.20. The summed E-state index contributed by atoms with van der Waals surface area (Å²) in [6.07, 6.45) is 1.20. The van der Waals surface area contributed by atoms with E-state index in [0.29, 0.717) is 6.61 Å². The number of hydrogen-bond donors (Lipinski definition) is 1. The van der Waals surface area contributed by atoms with Crippen molar-refractivity contribution in [1.82, 2.24) is 5.32 Å². The van der Waals surface area contributed by atoms with Gasteiger partial charge in [0.05, 0.1) is 23.5 Å². The molecule has 0 unspecified atom stereocenters. The maximum Gasteiger partial charge on any atom is 0.375 e. The molecule has 1 amide bonds. The van der Waals surface area contributed by atoms with E-state index in [4.69, 9.17) is 13.9 Å². The molecule has 0 aliphatic rings. The van der Waals surface area contributed by atoms with Gasteiger partial charge in [0, 0.05) is 19.2 Å². The van der Waals surface area contributed by atoms with Crippen LogP contribution in [0.1, 0.15) is 16.1 Å². The molecule has 0 aliphatic carbocycles. The predicted octanol–water partition coefficient (Wildman–Crippen LogP) is 1.17. The molecule has 0 saturated heterocycles. The van der Waals surface area contributed by atoms with Gasteiger partial charge in [-0.15, -0.1) is 0 Å². The molecule has 1 heterocycles. The highest BCUT2D eigenvalue weighted by Gasteiger charge is 2.23. The van der Waals surface area contributed by atoms with Gasteiger partial charge in [0.15, 0.2) is 16.4 Å². The maximum absolute atomic E-state index is 12.4. The summed E-state index contributed by atoms with van der Waals surface area (Å²) < 4.78 is 39.5. The number of esters is 1. The molecule has 26 heavy (non-hydrogen) atoms. The summed E-state index contributed by atoms with van der Waals surface area (Å²) in [4.78, 5) is 23.7. The van der Waals surface area contributed by atoms with Crippen LogP contribution in [0.25, 0.3) is 0 Å². The molecule has 0 radical (unpaired) electrons. The lowest BCUT2D eigenvalue weighted by Gasteiger charge is -2.07. The van der Waals surface area contributed by atoms with Crippen molar-refractivity contribution in [1.29, 1.82) is 0 Å². The molecular weight excluding hydrogens is 362 g/mol. The molecule has 0 atom stereocenters. The Labute approximate surface area is 151 Å². The first kappa shape index (κ1) is 19.7. The minimum Gasteiger partial charge on any atom is -0.457 e. The van der Waals surface area contributed by atoms with E-state index in [2.05, 4.69) is 5.32 Å². The lowest BCUT2D eigenvalue weighted by Crippen LogP contribution is -2.31. The Balaban J connectivity index is 1.99. The zero-order valence-corrected chi connectivity index (χ0v) is 15.0.